The van der Waals surface area contributed by atoms with Crippen molar-refractivity contribution in [2.75, 3.05) is 0 Å². The van der Waals surface area contributed by atoms with Crippen LogP contribution >= 0.6 is 0 Å². The van der Waals surface area contributed by atoms with Crippen LogP contribution in [0.1, 0.15) is 25.7 Å². The van der Waals surface area contributed by atoms with E-state index in [1.165, 1.54) is 31.1 Å². The van der Waals surface area contributed by atoms with Crippen LogP contribution in [0.25, 0.3) is 0 Å². The van der Waals surface area contributed by atoms with E-state index in [0.29, 0.717) is 0 Å². The molecule has 1 aliphatic rings. The van der Waals surface area contributed by atoms with Gasteiger partial charge in [0.05, 0.1) is 0 Å². The van der Waals surface area contributed by atoms with E-state index in [-0.39, 0.29) is 0 Å². The van der Waals surface area contributed by atoms with Gasteiger partial charge in [0.15, 0.2) is 0 Å². The molecule has 0 N–H and O–H groups in total. The molecule has 1 heteroatoms. The third kappa shape index (κ3) is 1.53. The van der Waals surface area contributed by atoms with Crippen LogP contribution in [0.5, 0.6) is 0 Å². The van der Waals surface area contributed by atoms with Gasteiger partial charge in [0.25, 0.3) is 0 Å². The average Bonchev–Trinajstić information content (AvgIpc) is 2.14. The Kier molecular flexibility index (Phi) is 2.32. The zero-order valence-electron chi connectivity index (χ0n) is 4.82. The Bertz CT molecular complexity index is 46.1. The first-order valence-electron chi connectivity index (χ1n) is 3.22. The van der Waals surface area contributed by atoms with Crippen LogP contribution in [0.15, 0.2) is 0 Å². The van der Waals surface area contributed by atoms with Crippen molar-refractivity contribution in [2.24, 2.45) is 5.92 Å². The molecule has 0 saturated heterocycles. The van der Waals surface area contributed by atoms with Crippen LogP contribution in [-0.2, 0) is 18.3 Å². The molecule has 0 amide bonds. The van der Waals surface area contributed by atoms with Gasteiger partial charge < -0.3 is 0 Å². The van der Waals surface area contributed by atoms with Crippen molar-refractivity contribution in [2.45, 2.75) is 30.7 Å². The fourth-order valence-corrected chi connectivity index (χ4v) is 2.51. The standard InChI is InChI=1S/C6H11.Zn/c1-6-4-2-3-5-6;/h6H,1-5H2;. The van der Waals surface area contributed by atoms with Crippen LogP contribution < -0.4 is 0 Å². The maximum atomic E-state index is 1.54. The summed E-state index contributed by atoms with van der Waals surface area (Å²) in [7, 11) is 0. The first-order chi connectivity index (χ1) is 3.43. The Hall–Kier alpha value is 0.623. The first-order valence-corrected chi connectivity index (χ1v) is 5.32. The molecule has 1 fully saturated rings. The van der Waals surface area contributed by atoms with Crippen molar-refractivity contribution >= 4 is 0 Å². The van der Waals surface area contributed by atoms with Crippen molar-refractivity contribution in [1.29, 1.82) is 0 Å². The van der Waals surface area contributed by atoms with Crippen molar-refractivity contribution in [3.8, 4) is 0 Å². The Morgan fingerprint density at radius 3 is 2.14 bits per heavy atom. The molecular weight excluding hydrogens is 137 g/mol. The fraction of sp³-hybridized carbons (Fsp3) is 1.00. The van der Waals surface area contributed by atoms with Gasteiger partial charge >= 0.3 is 54.9 Å². The van der Waals surface area contributed by atoms with Gasteiger partial charge in [-0.15, -0.1) is 0 Å². The topological polar surface area (TPSA) is 0 Å². The summed E-state index contributed by atoms with van der Waals surface area (Å²) in [6.45, 7) is 0. The molecule has 1 aliphatic carbocycles. The van der Waals surface area contributed by atoms with Crippen molar-refractivity contribution in [1.82, 2.24) is 0 Å². The monoisotopic (exact) mass is 147 g/mol. The van der Waals surface area contributed by atoms with E-state index >= 15 is 0 Å². The molecule has 0 aliphatic heterocycles. The quantitative estimate of drug-likeness (QED) is 0.500. The number of rotatable bonds is 1. The average molecular weight is 149 g/mol. The Labute approximate surface area is 55.4 Å². The molecule has 0 atom stereocenters. The Balaban J connectivity index is 2.14. The minimum absolute atomic E-state index is 1.15. The van der Waals surface area contributed by atoms with Gasteiger partial charge in [-0.3, -0.25) is 0 Å². The summed E-state index contributed by atoms with van der Waals surface area (Å²) in [5.41, 5.74) is 0. The van der Waals surface area contributed by atoms with Gasteiger partial charge in [0.1, 0.15) is 0 Å². The van der Waals surface area contributed by atoms with E-state index in [9.17, 15) is 0 Å². The number of hydrogen-bond acceptors (Lipinski definition) is 0. The molecule has 0 bridgehead atoms. The van der Waals surface area contributed by atoms with Gasteiger partial charge in [0, 0.05) is 0 Å². The van der Waals surface area contributed by atoms with E-state index in [2.05, 4.69) is 0 Å². The second kappa shape index (κ2) is 2.82. The predicted octanol–water partition coefficient (Wildman–Crippen LogP) is 2.14. The summed E-state index contributed by atoms with van der Waals surface area (Å²) in [4.78, 5) is 0. The first kappa shape index (κ1) is 5.75. The minimum atomic E-state index is 1.15. The third-order valence-electron chi connectivity index (χ3n) is 1.88. The van der Waals surface area contributed by atoms with Crippen molar-refractivity contribution in [3.05, 3.63) is 0 Å². The van der Waals surface area contributed by atoms with Crippen LogP contribution in [0.4, 0.5) is 0 Å². The van der Waals surface area contributed by atoms with Gasteiger partial charge in [-0.05, 0) is 0 Å². The molecule has 0 aromatic heterocycles. The second-order valence-electron chi connectivity index (χ2n) is 2.44. The van der Waals surface area contributed by atoms with Gasteiger partial charge in [0.2, 0.25) is 0 Å². The Morgan fingerprint density at radius 1 is 1.29 bits per heavy atom. The molecule has 7 heavy (non-hydrogen) atoms. The van der Waals surface area contributed by atoms with E-state index in [0.717, 1.165) is 5.92 Å². The van der Waals surface area contributed by atoms with E-state index in [1.54, 1.807) is 17.9 Å². The van der Waals surface area contributed by atoms with E-state index in [4.69, 9.17) is 0 Å². The Morgan fingerprint density at radius 2 is 1.86 bits per heavy atom. The molecule has 0 aromatic carbocycles. The summed E-state index contributed by atoms with van der Waals surface area (Å²) in [6, 6.07) is 0. The van der Waals surface area contributed by atoms with E-state index in [1.807, 2.05) is 0 Å². The summed E-state index contributed by atoms with van der Waals surface area (Å²) >= 11 is 1.52. The predicted molar refractivity (Wildman–Crippen MR) is 26.8 cm³/mol. The molecule has 37 valence electrons. The van der Waals surface area contributed by atoms with E-state index < -0.39 is 0 Å². The maximum absolute atomic E-state index is 1.54. The number of hydrogen-bond donors (Lipinski definition) is 0. The summed E-state index contributed by atoms with van der Waals surface area (Å²) in [6.07, 6.45) is 6.12. The molecule has 0 radical (unpaired) electrons. The van der Waals surface area contributed by atoms with Crippen LogP contribution in [0, 0.1) is 5.92 Å². The normalized spacial score (nSPS) is 23.7. The van der Waals surface area contributed by atoms with Gasteiger partial charge in [-0.1, -0.05) is 0 Å². The molecule has 1 rings (SSSR count). The van der Waals surface area contributed by atoms with Crippen LogP contribution in [-0.4, -0.2) is 0 Å². The molecule has 1 saturated carbocycles. The SMILES string of the molecule is [Zn][CH2]C1CCCC1. The molecule has 0 nitrogen and oxygen atoms in total. The van der Waals surface area contributed by atoms with Gasteiger partial charge in [-0.25, -0.2) is 0 Å². The summed E-state index contributed by atoms with van der Waals surface area (Å²) < 4.78 is 0. The van der Waals surface area contributed by atoms with Crippen molar-refractivity contribution < 1.29 is 18.3 Å². The van der Waals surface area contributed by atoms with Crippen LogP contribution in [0.3, 0.4) is 0 Å². The zero-order chi connectivity index (χ0) is 5.11. The van der Waals surface area contributed by atoms with Gasteiger partial charge in [-0.2, -0.15) is 0 Å². The molecular formula is C6H11Zn. The fourth-order valence-electron chi connectivity index (χ4n) is 1.30. The molecule has 0 unspecified atom stereocenters. The zero-order valence-corrected chi connectivity index (χ0v) is 7.79. The summed E-state index contributed by atoms with van der Waals surface area (Å²) in [5, 5.41) is 1.54. The molecule has 0 spiro atoms. The van der Waals surface area contributed by atoms with Crippen LogP contribution in [0.2, 0.25) is 5.02 Å². The molecule has 0 heterocycles. The second-order valence-corrected chi connectivity index (χ2v) is 3.65. The molecule has 0 aromatic rings. The third-order valence-corrected chi connectivity index (χ3v) is 3.60. The summed E-state index contributed by atoms with van der Waals surface area (Å²) in [5.74, 6) is 1.15. The van der Waals surface area contributed by atoms with Crippen molar-refractivity contribution in [3.63, 3.8) is 0 Å².